The maximum Gasteiger partial charge on any atom is 0.233 e. The molecule has 0 atom stereocenters. The van der Waals surface area contributed by atoms with E-state index in [4.69, 9.17) is 16.7 Å². The molecule has 7 nitrogen and oxygen atoms in total. The second-order valence-corrected chi connectivity index (χ2v) is 9.35. The fraction of sp³-hybridized carbons (Fsp3) is 0.250. The number of carbonyl (C=O) groups excluding carboxylic acids is 1. The Labute approximate surface area is 201 Å². The number of anilines is 1. The van der Waals surface area contributed by atoms with E-state index in [-0.39, 0.29) is 5.91 Å². The van der Waals surface area contributed by atoms with Gasteiger partial charge in [0.1, 0.15) is 0 Å². The van der Waals surface area contributed by atoms with Gasteiger partial charge in [-0.1, -0.05) is 53.2 Å². The van der Waals surface area contributed by atoms with Crippen LogP contribution in [0.15, 0.2) is 65.8 Å². The molecule has 0 unspecified atom stereocenters. The van der Waals surface area contributed by atoms with E-state index in [1.807, 2.05) is 53.4 Å². The van der Waals surface area contributed by atoms with Crippen LogP contribution in [0.1, 0.15) is 5.56 Å². The lowest BCUT2D eigenvalue weighted by Crippen LogP contribution is -2.49. The summed E-state index contributed by atoms with van der Waals surface area (Å²) >= 11 is 7.36. The van der Waals surface area contributed by atoms with Crippen LogP contribution in [-0.2, 0) is 4.79 Å². The lowest BCUT2D eigenvalue weighted by molar-refractivity contribution is -0.128. The third kappa shape index (κ3) is 4.82. The molecule has 3 heterocycles. The van der Waals surface area contributed by atoms with Gasteiger partial charge in [0.05, 0.1) is 11.4 Å². The number of amides is 1. The number of fused-ring (bicyclic) bond motifs is 1. The molecule has 0 radical (unpaired) electrons. The number of benzene rings is 2. The van der Waals surface area contributed by atoms with E-state index in [1.54, 1.807) is 4.52 Å². The molecule has 0 saturated carbocycles. The van der Waals surface area contributed by atoms with Crippen LogP contribution in [0.3, 0.4) is 0 Å². The van der Waals surface area contributed by atoms with Crippen LogP contribution in [-0.4, -0.2) is 62.6 Å². The van der Waals surface area contributed by atoms with Gasteiger partial charge in [0.15, 0.2) is 5.65 Å². The van der Waals surface area contributed by atoms with E-state index >= 15 is 0 Å². The fourth-order valence-corrected chi connectivity index (χ4v) is 4.74. The predicted molar refractivity (Wildman–Crippen MR) is 132 cm³/mol. The molecule has 0 spiro atoms. The van der Waals surface area contributed by atoms with Crippen LogP contribution in [0.25, 0.3) is 16.9 Å². The first kappa shape index (κ1) is 21.7. The zero-order valence-corrected chi connectivity index (χ0v) is 19.8. The van der Waals surface area contributed by atoms with Gasteiger partial charge in [0.25, 0.3) is 0 Å². The average Bonchev–Trinajstić information content (AvgIpc) is 3.26. The molecule has 0 aliphatic carbocycles. The second kappa shape index (κ2) is 9.41. The van der Waals surface area contributed by atoms with Crippen LogP contribution >= 0.6 is 23.4 Å². The Morgan fingerprint density at radius 2 is 1.67 bits per heavy atom. The number of aromatic nitrogens is 4. The van der Waals surface area contributed by atoms with Crippen LogP contribution in [0, 0.1) is 6.92 Å². The van der Waals surface area contributed by atoms with Crippen molar-refractivity contribution in [2.24, 2.45) is 0 Å². The standard InChI is InChI=1S/C24H23ClN6OS/c1-17-2-4-18(5-3-17)21-10-11-22-26-27-24(31(22)28-21)33-16-23(32)30-14-12-29(13-15-30)20-8-6-19(25)7-9-20/h2-11H,12-16H2,1H3. The number of piperazine rings is 1. The first-order valence-electron chi connectivity index (χ1n) is 10.8. The molecule has 33 heavy (non-hydrogen) atoms. The Hall–Kier alpha value is -3.10. The summed E-state index contributed by atoms with van der Waals surface area (Å²) in [6, 6.07) is 19.9. The molecule has 0 N–H and O–H groups in total. The number of hydrogen-bond donors (Lipinski definition) is 0. The van der Waals surface area contributed by atoms with Gasteiger partial charge in [-0.05, 0) is 43.3 Å². The fourth-order valence-electron chi connectivity index (χ4n) is 3.82. The Morgan fingerprint density at radius 1 is 0.939 bits per heavy atom. The number of thioether (sulfide) groups is 1. The van der Waals surface area contributed by atoms with Gasteiger partial charge in [-0.15, -0.1) is 10.2 Å². The summed E-state index contributed by atoms with van der Waals surface area (Å²) < 4.78 is 1.71. The highest BCUT2D eigenvalue weighted by molar-refractivity contribution is 7.99. The first-order chi connectivity index (χ1) is 16.1. The van der Waals surface area contributed by atoms with Crippen LogP contribution in [0.4, 0.5) is 5.69 Å². The molecule has 2 aromatic carbocycles. The van der Waals surface area contributed by atoms with Gasteiger partial charge in [0.2, 0.25) is 11.1 Å². The van der Waals surface area contributed by atoms with E-state index < -0.39 is 0 Å². The molecular weight excluding hydrogens is 456 g/mol. The zero-order chi connectivity index (χ0) is 22.8. The SMILES string of the molecule is Cc1ccc(-c2ccc3nnc(SCC(=O)N4CCN(c5ccc(Cl)cc5)CC4)n3n2)cc1. The van der Waals surface area contributed by atoms with E-state index in [1.165, 1.54) is 17.3 Å². The molecule has 9 heteroatoms. The van der Waals surface area contributed by atoms with Crippen molar-refractivity contribution < 1.29 is 4.79 Å². The minimum absolute atomic E-state index is 0.0993. The highest BCUT2D eigenvalue weighted by Crippen LogP contribution is 2.23. The maximum absolute atomic E-state index is 12.8. The zero-order valence-electron chi connectivity index (χ0n) is 18.2. The quantitative estimate of drug-likeness (QED) is 0.401. The lowest BCUT2D eigenvalue weighted by atomic mass is 10.1. The minimum atomic E-state index is 0.0993. The summed E-state index contributed by atoms with van der Waals surface area (Å²) in [5.41, 5.74) is 4.87. The van der Waals surface area contributed by atoms with Crippen molar-refractivity contribution in [1.82, 2.24) is 24.7 Å². The highest BCUT2D eigenvalue weighted by atomic mass is 35.5. The molecule has 4 aromatic rings. The molecule has 1 amide bonds. The summed E-state index contributed by atoms with van der Waals surface area (Å²) in [5.74, 6) is 0.403. The van der Waals surface area contributed by atoms with Crippen molar-refractivity contribution in [1.29, 1.82) is 0 Å². The van der Waals surface area contributed by atoms with Crippen LogP contribution < -0.4 is 4.90 Å². The average molecular weight is 479 g/mol. The number of halogens is 1. The molecular formula is C24H23ClN6OS. The number of nitrogens with zero attached hydrogens (tertiary/aromatic N) is 6. The van der Waals surface area contributed by atoms with Crippen molar-refractivity contribution in [2.45, 2.75) is 12.1 Å². The van der Waals surface area contributed by atoms with Crippen LogP contribution in [0.5, 0.6) is 0 Å². The summed E-state index contributed by atoms with van der Waals surface area (Å²) in [5, 5.41) is 14.5. The van der Waals surface area contributed by atoms with E-state index in [2.05, 4.69) is 34.2 Å². The van der Waals surface area contributed by atoms with E-state index in [0.717, 1.165) is 35.1 Å². The van der Waals surface area contributed by atoms with Crippen molar-refractivity contribution in [2.75, 3.05) is 36.8 Å². The molecule has 5 rings (SSSR count). The third-order valence-electron chi connectivity index (χ3n) is 5.73. The third-order valence-corrected chi connectivity index (χ3v) is 6.89. The van der Waals surface area contributed by atoms with E-state index in [9.17, 15) is 4.79 Å². The first-order valence-corrected chi connectivity index (χ1v) is 12.1. The van der Waals surface area contributed by atoms with Gasteiger partial charge < -0.3 is 9.80 Å². The Morgan fingerprint density at radius 3 is 2.39 bits per heavy atom. The highest BCUT2D eigenvalue weighted by Gasteiger charge is 2.22. The summed E-state index contributed by atoms with van der Waals surface area (Å²) in [4.78, 5) is 17.0. The van der Waals surface area contributed by atoms with Crippen molar-refractivity contribution >= 4 is 40.6 Å². The molecule has 0 bridgehead atoms. The minimum Gasteiger partial charge on any atom is -0.368 e. The Balaban J connectivity index is 1.21. The maximum atomic E-state index is 12.8. The van der Waals surface area contributed by atoms with Gasteiger partial charge >= 0.3 is 0 Å². The smallest absolute Gasteiger partial charge is 0.233 e. The summed E-state index contributed by atoms with van der Waals surface area (Å²) in [6.07, 6.45) is 0. The monoisotopic (exact) mass is 478 g/mol. The molecule has 2 aromatic heterocycles. The van der Waals surface area contributed by atoms with Gasteiger partial charge in [-0.25, -0.2) is 0 Å². The Bertz CT molecular complexity index is 1270. The summed E-state index contributed by atoms with van der Waals surface area (Å²) in [7, 11) is 0. The molecule has 1 aliphatic rings. The van der Waals surface area contributed by atoms with E-state index in [0.29, 0.717) is 29.6 Å². The van der Waals surface area contributed by atoms with Crippen molar-refractivity contribution in [3.05, 3.63) is 71.2 Å². The summed E-state index contributed by atoms with van der Waals surface area (Å²) in [6.45, 7) is 5.04. The normalized spacial score (nSPS) is 14.1. The number of aryl methyl sites for hydroxylation is 1. The molecule has 1 saturated heterocycles. The van der Waals surface area contributed by atoms with Gasteiger partial charge in [-0.3, -0.25) is 4.79 Å². The Kier molecular flexibility index (Phi) is 6.20. The van der Waals surface area contributed by atoms with Crippen molar-refractivity contribution in [3.63, 3.8) is 0 Å². The van der Waals surface area contributed by atoms with Gasteiger partial charge in [0, 0.05) is 42.5 Å². The predicted octanol–water partition coefficient (Wildman–Crippen LogP) is 4.19. The number of rotatable bonds is 5. The molecule has 1 fully saturated rings. The molecule has 1 aliphatic heterocycles. The number of carbonyl (C=O) groups is 1. The van der Waals surface area contributed by atoms with Crippen molar-refractivity contribution in [3.8, 4) is 11.3 Å². The second-order valence-electron chi connectivity index (χ2n) is 7.97. The number of hydrogen-bond acceptors (Lipinski definition) is 6. The van der Waals surface area contributed by atoms with Crippen LogP contribution in [0.2, 0.25) is 5.02 Å². The topological polar surface area (TPSA) is 66.6 Å². The largest absolute Gasteiger partial charge is 0.368 e. The van der Waals surface area contributed by atoms with Gasteiger partial charge in [-0.2, -0.15) is 9.61 Å². The molecule has 168 valence electrons. The lowest BCUT2D eigenvalue weighted by Gasteiger charge is -2.36.